The van der Waals surface area contributed by atoms with Crippen LogP contribution in [0.25, 0.3) is 0 Å². The second-order valence-corrected chi connectivity index (χ2v) is 7.53. The van der Waals surface area contributed by atoms with E-state index in [0.29, 0.717) is 35.4 Å². The third-order valence-electron chi connectivity index (χ3n) is 4.73. The molecule has 0 unspecified atom stereocenters. The van der Waals surface area contributed by atoms with E-state index in [1.165, 1.54) is 0 Å². The van der Waals surface area contributed by atoms with Gasteiger partial charge < -0.3 is 24.8 Å². The van der Waals surface area contributed by atoms with E-state index in [9.17, 15) is 4.79 Å². The molecule has 0 saturated carbocycles. The van der Waals surface area contributed by atoms with Crippen LogP contribution in [0, 0.1) is 6.92 Å². The molecule has 0 aliphatic heterocycles. The van der Waals surface area contributed by atoms with E-state index in [-0.39, 0.29) is 12.5 Å². The average molecular weight is 455 g/mol. The highest BCUT2D eigenvalue weighted by Gasteiger charge is 2.11. The minimum absolute atomic E-state index is 0.143. The average Bonchev–Trinajstić information content (AvgIpc) is 2.80. The summed E-state index contributed by atoms with van der Waals surface area (Å²) in [6.07, 6.45) is 0. The molecule has 3 aromatic rings. The summed E-state index contributed by atoms with van der Waals surface area (Å²) in [5, 5.41) is 6.74. The third-order valence-corrected chi connectivity index (χ3v) is 4.96. The van der Waals surface area contributed by atoms with Crippen molar-refractivity contribution in [3.63, 3.8) is 0 Å². The van der Waals surface area contributed by atoms with Crippen LogP contribution < -0.4 is 24.8 Å². The molecule has 0 atom stereocenters. The van der Waals surface area contributed by atoms with Crippen LogP contribution in [0.3, 0.4) is 0 Å². The summed E-state index contributed by atoms with van der Waals surface area (Å²) < 4.78 is 16.6. The standard InChI is InChI=1S/C25H27ClN2O4/c1-4-31-24-13-18(15-27-20-8-10-21(30-3)11-9-20)6-12-23(24)32-16-25(29)28-22-14-19(26)7-5-17(22)2/h5-14,27H,4,15-16H2,1-3H3,(H,28,29). The Morgan fingerprint density at radius 3 is 2.47 bits per heavy atom. The van der Waals surface area contributed by atoms with E-state index in [4.69, 9.17) is 25.8 Å². The minimum atomic E-state index is -0.275. The van der Waals surface area contributed by atoms with Crippen LogP contribution in [0.4, 0.5) is 11.4 Å². The smallest absolute Gasteiger partial charge is 0.262 e. The number of aryl methyl sites for hydroxylation is 1. The molecule has 0 aliphatic rings. The maximum Gasteiger partial charge on any atom is 0.262 e. The Hall–Kier alpha value is -3.38. The van der Waals surface area contributed by atoms with Crippen LogP contribution in [0.1, 0.15) is 18.1 Å². The summed E-state index contributed by atoms with van der Waals surface area (Å²) in [4.78, 5) is 12.4. The number of hydrogen-bond donors (Lipinski definition) is 2. The number of carbonyl (C=O) groups is 1. The second kappa shape index (κ2) is 11.3. The first-order chi connectivity index (χ1) is 15.5. The van der Waals surface area contributed by atoms with Crippen LogP contribution in [0.5, 0.6) is 17.2 Å². The Morgan fingerprint density at radius 1 is 0.969 bits per heavy atom. The molecule has 6 nitrogen and oxygen atoms in total. The van der Waals surface area contributed by atoms with E-state index in [2.05, 4.69) is 10.6 Å². The van der Waals surface area contributed by atoms with Crippen LogP contribution in [0.15, 0.2) is 60.7 Å². The van der Waals surface area contributed by atoms with Gasteiger partial charge >= 0.3 is 0 Å². The first kappa shape index (κ1) is 23.3. The lowest BCUT2D eigenvalue weighted by Crippen LogP contribution is -2.21. The quantitative estimate of drug-likeness (QED) is 0.412. The Morgan fingerprint density at radius 2 is 1.75 bits per heavy atom. The Kier molecular flexibility index (Phi) is 8.22. The van der Waals surface area contributed by atoms with Crippen LogP contribution >= 0.6 is 11.6 Å². The van der Waals surface area contributed by atoms with Gasteiger partial charge in [-0.2, -0.15) is 0 Å². The zero-order valence-electron chi connectivity index (χ0n) is 18.4. The zero-order valence-corrected chi connectivity index (χ0v) is 19.2. The molecule has 0 aliphatic carbocycles. The molecule has 0 heterocycles. The van der Waals surface area contributed by atoms with Gasteiger partial charge in [-0.1, -0.05) is 23.7 Å². The summed E-state index contributed by atoms with van der Waals surface area (Å²) in [7, 11) is 1.64. The normalized spacial score (nSPS) is 10.4. The number of nitrogens with one attached hydrogen (secondary N) is 2. The number of ether oxygens (including phenoxy) is 3. The molecule has 0 fully saturated rings. The Balaban J connectivity index is 1.60. The molecule has 0 saturated heterocycles. The lowest BCUT2D eigenvalue weighted by Gasteiger charge is -2.15. The van der Waals surface area contributed by atoms with E-state index < -0.39 is 0 Å². The van der Waals surface area contributed by atoms with Crippen molar-refractivity contribution in [1.29, 1.82) is 0 Å². The fourth-order valence-corrected chi connectivity index (χ4v) is 3.19. The molecule has 0 bridgehead atoms. The van der Waals surface area contributed by atoms with Gasteiger partial charge in [0.1, 0.15) is 5.75 Å². The highest BCUT2D eigenvalue weighted by molar-refractivity contribution is 6.31. The van der Waals surface area contributed by atoms with Crippen molar-refractivity contribution in [3.8, 4) is 17.2 Å². The molecule has 0 spiro atoms. The van der Waals surface area contributed by atoms with Crippen molar-refractivity contribution in [2.24, 2.45) is 0 Å². The maximum absolute atomic E-state index is 12.4. The highest BCUT2D eigenvalue weighted by Crippen LogP contribution is 2.29. The van der Waals surface area contributed by atoms with Gasteiger partial charge in [-0.25, -0.2) is 0 Å². The van der Waals surface area contributed by atoms with Crippen molar-refractivity contribution in [1.82, 2.24) is 0 Å². The number of anilines is 2. The van der Waals surface area contributed by atoms with Crippen LogP contribution in [-0.4, -0.2) is 26.2 Å². The lowest BCUT2D eigenvalue weighted by molar-refractivity contribution is -0.118. The molecule has 1 amide bonds. The summed E-state index contributed by atoms with van der Waals surface area (Å²) in [5.41, 5.74) is 3.59. The lowest BCUT2D eigenvalue weighted by atomic mass is 10.2. The fourth-order valence-electron chi connectivity index (χ4n) is 3.02. The fraction of sp³-hybridized carbons (Fsp3) is 0.240. The number of benzene rings is 3. The minimum Gasteiger partial charge on any atom is -0.497 e. The van der Waals surface area contributed by atoms with Crippen molar-refractivity contribution in [2.45, 2.75) is 20.4 Å². The van der Waals surface area contributed by atoms with Gasteiger partial charge in [0.05, 0.1) is 13.7 Å². The van der Waals surface area contributed by atoms with Gasteiger partial charge in [-0.3, -0.25) is 4.79 Å². The second-order valence-electron chi connectivity index (χ2n) is 7.09. The Labute approximate surface area is 193 Å². The molecule has 168 valence electrons. The summed E-state index contributed by atoms with van der Waals surface area (Å²) in [6, 6.07) is 18.7. The van der Waals surface area contributed by atoms with E-state index in [0.717, 1.165) is 22.6 Å². The number of halogens is 1. The Bertz CT molecular complexity index is 1050. The number of hydrogen-bond acceptors (Lipinski definition) is 5. The van der Waals surface area contributed by atoms with Gasteiger partial charge in [0, 0.05) is 22.9 Å². The maximum atomic E-state index is 12.4. The van der Waals surface area contributed by atoms with Gasteiger partial charge in [-0.15, -0.1) is 0 Å². The predicted octanol–water partition coefficient (Wildman–Crippen LogP) is 5.69. The SMILES string of the molecule is CCOc1cc(CNc2ccc(OC)cc2)ccc1OCC(=O)Nc1cc(Cl)ccc1C. The van der Waals surface area contributed by atoms with Crippen molar-refractivity contribution in [3.05, 3.63) is 76.8 Å². The van der Waals surface area contributed by atoms with Gasteiger partial charge in [0.25, 0.3) is 5.91 Å². The van der Waals surface area contributed by atoms with E-state index in [1.807, 2.05) is 62.4 Å². The van der Waals surface area contributed by atoms with Crippen LogP contribution in [-0.2, 0) is 11.3 Å². The molecule has 2 N–H and O–H groups in total. The van der Waals surface area contributed by atoms with Crippen molar-refractivity contribution in [2.75, 3.05) is 31.0 Å². The van der Waals surface area contributed by atoms with Crippen molar-refractivity contribution >= 4 is 28.9 Å². The van der Waals surface area contributed by atoms with Crippen molar-refractivity contribution < 1.29 is 19.0 Å². The summed E-state index contributed by atoms with van der Waals surface area (Å²) in [6.45, 7) is 4.76. The van der Waals surface area contributed by atoms with Crippen LogP contribution in [0.2, 0.25) is 5.02 Å². The molecule has 3 aromatic carbocycles. The molecule has 0 radical (unpaired) electrons. The molecule has 7 heteroatoms. The first-order valence-corrected chi connectivity index (χ1v) is 10.7. The molecule has 3 rings (SSSR count). The monoisotopic (exact) mass is 454 g/mol. The first-order valence-electron chi connectivity index (χ1n) is 10.3. The number of carbonyl (C=O) groups excluding carboxylic acids is 1. The summed E-state index contributed by atoms with van der Waals surface area (Å²) in [5.74, 6) is 1.64. The van der Waals surface area contributed by atoms with Gasteiger partial charge in [0.2, 0.25) is 0 Å². The number of methoxy groups -OCH3 is 1. The van der Waals surface area contributed by atoms with Gasteiger partial charge in [-0.05, 0) is 73.5 Å². The molecule has 32 heavy (non-hydrogen) atoms. The highest BCUT2D eigenvalue weighted by atomic mass is 35.5. The molecular formula is C25H27ClN2O4. The topological polar surface area (TPSA) is 68.8 Å². The number of rotatable bonds is 10. The molecule has 0 aromatic heterocycles. The third kappa shape index (κ3) is 6.56. The van der Waals surface area contributed by atoms with E-state index in [1.54, 1.807) is 19.2 Å². The van der Waals surface area contributed by atoms with E-state index >= 15 is 0 Å². The zero-order chi connectivity index (χ0) is 22.9. The predicted molar refractivity (Wildman–Crippen MR) is 128 cm³/mol. The largest absolute Gasteiger partial charge is 0.497 e. The summed E-state index contributed by atoms with van der Waals surface area (Å²) >= 11 is 6.01. The number of amides is 1. The molecular weight excluding hydrogens is 428 g/mol. The van der Waals surface area contributed by atoms with Gasteiger partial charge in [0.15, 0.2) is 18.1 Å².